The van der Waals surface area contributed by atoms with Crippen molar-refractivity contribution >= 4 is 23.5 Å². The molecule has 0 unspecified atom stereocenters. The van der Waals surface area contributed by atoms with E-state index < -0.39 is 11.9 Å². The van der Waals surface area contributed by atoms with E-state index in [0.29, 0.717) is 23.5 Å². The zero-order chi connectivity index (χ0) is 15.9. The second-order valence-electron chi connectivity index (χ2n) is 5.68. The molecule has 3 rings (SSSR count). The van der Waals surface area contributed by atoms with Crippen LogP contribution in [0.4, 0.5) is 5.69 Å². The summed E-state index contributed by atoms with van der Waals surface area (Å²) in [6.07, 6.45) is 0. The minimum Gasteiger partial charge on any atom is -0.482 e. The van der Waals surface area contributed by atoms with Crippen molar-refractivity contribution in [3.63, 3.8) is 0 Å². The molecule has 1 fully saturated rings. The van der Waals surface area contributed by atoms with E-state index in [0.717, 1.165) is 0 Å². The highest BCUT2D eigenvalue weighted by molar-refractivity contribution is 6.00. The van der Waals surface area contributed by atoms with Crippen LogP contribution in [0.5, 0.6) is 5.75 Å². The van der Waals surface area contributed by atoms with Crippen LogP contribution in [-0.4, -0.2) is 47.5 Å². The molecule has 22 heavy (non-hydrogen) atoms. The molecule has 1 aromatic rings. The lowest BCUT2D eigenvalue weighted by Gasteiger charge is -2.20. The van der Waals surface area contributed by atoms with Crippen LogP contribution in [0.2, 0.25) is 0 Å². The second kappa shape index (κ2) is 5.32. The molecule has 0 bridgehead atoms. The van der Waals surface area contributed by atoms with Gasteiger partial charge in [-0.2, -0.15) is 0 Å². The summed E-state index contributed by atoms with van der Waals surface area (Å²) in [5.74, 6) is -1.48. The van der Waals surface area contributed by atoms with Crippen molar-refractivity contribution < 1.29 is 24.2 Å². The standard InChI is InChI=1S/C15H16N2O5/c1-8-5-17(6-10(8)15(20)21)14(19)9-2-3-12-11(4-9)16-13(18)7-22-12/h2-4,8,10H,5-7H2,1H3,(H,16,18)(H,20,21)/t8-,10-/m1/s1. The number of fused-ring (bicyclic) bond motifs is 1. The summed E-state index contributed by atoms with van der Waals surface area (Å²) in [6, 6.07) is 4.82. The zero-order valence-corrected chi connectivity index (χ0v) is 12.0. The van der Waals surface area contributed by atoms with Gasteiger partial charge in [0.15, 0.2) is 6.61 Å². The van der Waals surface area contributed by atoms with Gasteiger partial charge in [-0.15, -0.1) is 0 Å². The molecule has 2 atom stereocenters. The highest BCUT2D eigenvalue weighted by atomic mass is 16.5. The number of benzene rings is 1. The van der Waals surface area contributed by atoms with Gasteiger partial charge in [-0.25, -0.2) is 0 Å². The first kappa shape index (κ1) is 14.4. The van der Waals surface area contributed by atoms with E-state index in [4.69, 9.17) is 9.84 Å². The van der Waals surface area contributed by atoms with Crippen LogP contribution in [0.25, 0.3) is 0 Å². The van der Waals surface area contributed by atoms with Gasteiger partial charge in [0, 0.05) is 18.7 Å². The van der Waals surface area contributed by atoms with Crippen molar-refractivity contribution in [3.8, 4) is 5.75 Å². The average Bonchev–Trinajstić information content (AvgIpc) is 2.88. The summed E-state index contributed by atoms with van der Waals surface area (Å²) in [5, 5.41) is 11.8. The van der Waals surface area contributed by atoms with E-state index in [-0.39, 0.29) is 30.9 Å². The van der Waals surface area contributed by atoms with E-state index in [1.165, 1.54) is 4.90 Å². The fourth-order valence-electron chi connectivity index (χ4n) is 2.85. The molecule has 1 aromatic carbocycles. The van der Waals surface area contributed by atoms with Gasteiger partial charge >= 0.3 is 5.97 Å². The number of hydrogen-bond donors (Lipinski definition) is 2. The van der Waals surface area contributed by atoms with Crippen molar-refractivity contribution in [1.29, 1.82) is 0 Å². The summed E-state index contributed by atoms with van der Waals surface area (Å²) in [6.45, 7) is 2.40. The molecule has 7 nitrogen and oxygen atoms in total. The van der Waals surface area contributed by atoms with E-state index in [1.807, 2.05) is 6.92 Å². The molecule has 116 valence electrons. The molecule has 7 heteroatoms. The van der Waals surface area contributed by atoms with Crippen molar-refractivity contribution in [1.82, 2.24) is 4.90 Å². The molecular formula is C15H16N2O5. The number of nitrogens with one attached hydrogen (secondary N) is 1. The molecule has 2 heterocycles. The average molecular weight is 304 g/mol. The van der Waals surface area contributed by atoms with Crippen LogP contribution >= 0.6 is 0 Å². The smallest absolute Gasteiger partial charge is 0.308 e. The number of hydrogen-bond acceptors (Lipinski definition) is 4. The van der Waals surface area contributed by atoms with Crippen LogP contribution in [0.3, 0.4) is 0 Å². The quantitative estimate of drug-likeness (QED) is 0.843. The Morgan fingerprint density at radius 2 is 2.14 bits per heavy atom. The van der Waals surface area contributed by atoms with E-state index in [1.54, 1.807) is 18.2 Å². The lowest BCUT2D eigenvalue weighted by molar-refractivity contribution is -0.142. The maximum absolute atomic E-state index is 12.5. The number of anilines is 1. The van der Waals surface area contributed by atoms with Gasteiger partial charge in [0.05, 0.1) is 11.6 Å². The molecule has 2 aliphatic heterocycles. The molecule has 0 radical (unpaired) electrons. The first-order chi connectivity index (χ1) is 10.5. The van der Waals surface area contributed by atoms with Crippen LogP contribution in [0.15, 0.2) is 18.2 Å². The molecule has 0 aliphatic carbocycles. The van der Waals surface area contributed by atoms with Gasteiger partial charge in [0.25, 0.3) is 11.8 Å². The van der Waals surface area contributed by atoms with Gasteiger partial charge in [-0.1, -0.05) is 6.92 Å². The van der Waals surface area contributed by atoms with Crippen LogP contribution < -0.4 is 10.1 Å². The third kappa shape index (κ3) is 2.49. The predicted octanol–water partition coefficient (Wildman–Crippen LogP) is 0.810. The van der Waals surface area contributed by atoms with Crippen molar-refractivity contribution in [3.05, 3.63) is 23.8 Å². The first-order valence-corrected chi connectivity index (χ1v) is 7.04. The number of aliphatic carboxylic acids is 1. The van der Waals surface area contributed by atoms with Crippen LogP contribution in [-0.2, 0) is 9.59 Å². The monoisotopic (exact) mass is 304 g/mol. The topological polar surface area (TPSA) is 95.9 Å². The van der Waals surface area contributed by atoms with E-state index in [9.17, 15) is 14.4 Å². The Hall–Kier alpha value is -2.57. The predicted molar refractivity (Wildman–Crippen MR) is 76.8 cm³/mol. The molecule has 2 N–H and O–H groups in total. The zero-order valence-electron chi connectivity index (χ0n) is 12.0. The normalized spacial score (nSPS) is 23.5. The summed E-state index contributed by atoms with van der Waals surface area (Å²) in [4.78, 5) is 36.5. The SMILES string of the molecule is C[C@@H]1CN(C(=O)c2ccc3c(c2)NC(=O)CO3)C[C@H]1C(=O)O. The number of amides is 2. The molecule has 1 saturated heterocycles. The second-order valence-corrected chi connectivity index (χ2v) is 5.68. The number of carbonyl (C=O) groups is 3. The number of rotatable bonds is 2. The Balaban J connectivity index is 1.80. The van der Waals surface area contributed by atoms with Crippen LogP contribution in [0.1, 0.15) is 17.3 Å². The largest absolute Gasteiger partial charge is 0.482 e. The van der Waals surface area contributed by atoms with Gasteiger partial charge in [0.1, 0.15) is 5.75 Å². The molecule has 0 saturated carbocycles. The van der Waals surface area contributed by atoms with Crippen molar-refractivity contribution in [2.75, 3.05) is 25.0 Å². The molecule has 0 spiro atoms. The minimum atomic E-state index is -0.881. The van der Waals surface area contributed by atoms with Crippen LogP contribution in [0, 0.1) is 11.8 Å². The van der Waals surface area contributed by atoms with E-state index >= 15 is 0 Å². The number of ether oxygens (including phenoxy) is 1. The minimum absolute atomic E-state index is 0.0375. The van der Waals surface area contributed by atoms with Crippen molar-refractivity contribution in [2.24, 2.45) is 11.8 Å². The first-order valence-electron chi connectivity index (χ1n) is 7.04. The van der Waals surface area contributed by atoms with Gasteiger partial charge in [-0.05, 0) is 24.1 Å². The fraction of sp³-hybridized carbons (Fsp3) is 0.400. The molecule has 2 amide bonds. The molecule has 0 aromatic heterocycles. The molecular weight excluding hydrogens is 288 g/mol. The summed E-state index contributed by atoms with van der Waals surface area (Å²) in [7, 11) is 0. The van der Waals surface area contributed by atoms with Gasteiger partial charge in [0.2, 0.25) is 0 Å². The summed E-state index contributed by atoms with van der Waals surface area (Å²) in [5.41, 5.74) is 0.868. The summed E-state index contributed by atoms with van der Waals surface area (Å²) < 4.78 is 5.25. The highest BCUT2D eigenvalue weighted by Gasteiger charge is 2.37. The number of carbonyl (C=O) groups excluding carboxylic acids is 2. The number of carboxylic acids is 1. The Bertz CT molecular complexity index is 657. The lowest BCUT2D eigenvalue weighted by atomic mass is 9.99. The summed E-state index contributed by atoms with van der Waals surface area (Å²) >= 11 is 0. The Morgan fingerprint density at radius 3 is 2.82 bits per heavy atom. The highest BCUT2D eigenvalue weighted by Crippen LogP contribution is 2.30. The van der Waals surface area contributed by atoms with E-state index in [2.05, 4.69) is 5.32 Å². The maximum atomic E-state index is 12.5. The van der Waals surface area contributed by atoms with Gasteiger partial charge < -0.3 is 20.1 Å². The number of nitrogens with zero attached hydrogens (tertiary/aromatic N) is 1. The lowest BCUT2D eigenvalue weighted by Crippen LogP contribution is -2.30. The Labute approximate surface area is 126 Å². The Kier molecular flexibility index (Phi) is 3.48. The third-order valence-electron chi connectivity index (χ3n) is 4.08. The van der Waals surface area contributed by atoms with Crippen molar-refractivity contribution in [2.45, 2.75) is 6.92 Å². The molecule has 2 aliphatic rings. The maximum Gasteiger partial charge on any atom is 0.308 e. The fourth-order valence-corrected chi connectivity index (χ4v) is 2.85. The number of carboxylic acid groups (broad SMARTS) is 1. The third-order valence-corrected chi connectivity index (χ3v) is 4.08. The number of likely N-dealkylation sites (tertiary alicyclic amines) is 1. The Morgan fingerprint density at radius 1 is 1.36 bits per heavy atom. The van der Waals surface area contributed by atoms with Gasteiger partial charge in [-0.3, -0.25) is 14.4 Å².